The highest BCUT2D eigenvalue weighted by molar-refractivity contribution is 5.28. The van der Waals surface area contributed by atoms with Crippen LogP contribution in [-0.4, -0.2) is 29.7 Å². The van der Waals surface area contributed by atoms with Crippen molar-refractivity contribution in [3.63, 3.8) is 0 Å². The van der Waals surface area contributed by atoms with Crippen molar-refractivity contribution in [3.05, 3.63) is 17.6 Å². The maximum Gasteiger partial charge on any atom is 0.219 e. The van der Waals surface area contributed by atoms with Crippen LogP contribution in [0.4, 0.5) is 0 Å². The molecule has 1 unspecified atom stereocenters. The molecular weight excluding hydrogens is 202 g/mol. The predicted octanol–water partition coefficient (Wildman–Crippen LogP) is 1.72. The topological polar surface area (TPSA) is 47.0 Å². The number of ether oxygens (including phenoxy) is 1. The van der Waals surface area contributed by atoms with Crippen LogP contribution in [0.3, 0.4) is 0 Å². The molecule has 0 aliphatic rings. The van der Waals surface area contributed by atoms with Crippen LogP contribution in [0, 0.1) is 6.92 Å². The van der Waals surface area contributed by atoms with E-state index in [9.17, 15) is 0 Å². The van der Waals surface area contributed by atoms with Gasteiger partial charge in [-0.1, -0.05) is 13.8 Å². The van der Waals surface area contributed by atoms with Gasteiger partial charge < -0.3 is 10.1 Å². The first kappa shape index (κ1) is 12.9. The van der Waals surface area contributed by atoms with Crippen molar-refractivity contribution >= 4 is 0 Å². The molecule has 1 N–H and O–H groups in total. The van der Waals surface area contributed by atoms with Crippen LogP contribution in [0.5, 0.6) is 5.88 Å². The second-order valence-corrected chi connectivity index (χ2v) is 3.82. The maximum atomic E-state index is 5.19. The summed E-state index contributed by atoms with van der Waals surface area (Å²) in [6.45, 7) is 7.30. The molecule has 1 atom stereocenters. The lowest BCUT2D eigenvalue weighted by Gasteiger charge is -2.16. The summed E-state index contributed by atoms with van der Waals surface area (Å²) in [5, 5.41) is 3.44. The number of hydrogen-bond donors (Lipinski definition) is 1. The van der Waals surface area contributed by atoms with E-state index in [1.807, 2.05) is 6.92 Å². The molecule has 0 saturated heterocycles. The van der Waals surface area contributed by atoms with E-state index in [0.29, 0.717) is 11.9 Å². The van der Waals surface area contributed by atoms with Gasteiger partial charge in [-0.2, -0.15) is 0 Å². The van der Waals surface area contributed by atoms with Gasteiger partial charge in [-0.3, -0.25) is 0 Å². The lowest BCUT2D eigenvalue weighted by molar-refractivity contribution is 0.391. The van der Waals surface area contributed by atoms with E-state index in [1.54, 1.807) is 13.4 Å². The third kappa shape index (κ3) is 3.17. The Morgan fingerprint density at radius 1 is 1.38 bits per heavy atom. The summed E-state index contributed by atoms with van der Waals surface area (Å²) in [6.07, 6.45) is 3.59. The number of methoxy groups -OCH3 is 1. The van der Waals surface area contributed by atoms with Crippen LogP contribution in [0.15, 0.2) is 6.33 Å². The van der Waals surface area contributed by atoms with Gasteiger partial charge in [0.1, 0.15) is 6.33 Å². The average molecular weight is 223 g/mol. The Labute approximate surface area is 97.5 Å². The number of nitrogens with zero attached hydrogens (tertiary/aromatic N) is 2. The predicted molar refractivity (Wildman–Crippen MR) is 64.8 cm³/mol. The largest absolute Gasteiger partial charge is 0.481 e. The molecule has 0 fully saturated rings. The third-order valence-corrected chi connectivity index (χ3v) is 2.76. The highest BCUT2D eigenvalue weighted by atomic mass is 16.5. The molecule has 0 aromatic carbocycles. The first-order valence-corrected chi connectivity index (χ1v) is 5.80. The monoisotopic (exact) mass is 223 g/mol. The fraction of sp³-hybridized carbons (Fsp3) is 0.667. The minimum Gasteiger partial charge on any atom is -0.481 e. The van der Waals surface area contributed by atoms with Gasteiger partial charge >= 0.3 is 0 Å². The normalized spacial score (nSPS) is 12.5. The molecule has 90 valence electrons. The van der Waals surface area contributed by atoms with E-state index < -0.39 is 0 Å². The maximum absolute atomic E-state index is 5.19. The SMILES string of the molecule is CCNC(CC)Cc1ncnc(OC)c1C. The van der Waals surface area contributed by atoms with Crippen LogP contribution < -0.4 is 10.1 Å². The van der Waals surface area contributed by atoms with Gasteiger partial charge in [-0.15, -0.1) is 0 Å². The zero-order valence-corrected chi connectivity index (χ0v) is 10.6. The first-order valence-electron chi connectivity index (χ1n) is 5.80. The Morgan fingerprint density at radius 2 is 2.12 bits per heavy atom. The Hall–Kier alpha value is -1.16. The van der Waals surface area contributed by atoms with Crippen molar-refractivity contribution in [3.8, 4) is 5.88 Å². The molecule has 0 bridgehead atoms. The van der Waals surface area contributed by atoms with Crippen LogP contribution >= 0.6 is 0 Å². The summed E-state index contributed by atoms with van der Waals surface area (Å²) in [6, 6.07) is 0.475. The van der Waals surface area contributed by atoms with E-state index in [1.165, 1.54) is 0 Å². The average Bonchev–Trinajstić information content (AvgIpc) is 2.31. The molecule has 1 rings (SSSR count). The van der Waals surface area contributed by atoms with E-state index in [-0.39, 0.29) is 0 Å². The van der Waals surface area contributed by atoms with Crippen LogP contribution in [0.25, 0.3) is 0 Å². The number of likely N-dealkylation sites (N-methyl/N-ethyl adjacent to an activating group) is 1. The first-order chi connectivity index (χ1) is 7.72. The Kier molecular flexibility index (Phi) is 5.19. The summed E-state index contributed by atoms with van der Waals surface area (Å²) in [4.78, 5) is 8.41. The smallest absolute Gasteiger partial charge is 0.219 e. The fourth-order valence-electron chi connectivity index (χ4n) is 1.76. The fourth-order valence-corrected chi connectivity index (χ4v) is 1.76. The molecule has 0 spiro atoms. The van der Waals surface area contributed by atoms with Gasteiger partial charge in [-0.25, -0.2) is 9.97 Å². The van der Waals surface area contributed by atoms with Crippen molar-refractivity contribution in [1.29, 1.82) is 0 Å². The minimum absolute atomic E-state index is 0.475. The van der Waals surface area contributed by atoms with Gasteiger partial charge in [0, 0.05) is 18.0 Å². The number of nitrogens with one attached hydrogen (secondary N) is 1. The van der Waals surface area contributed by atoms with Gasteiger partial charge in [-0.05, 0) is 19.9 Å². The lowest BCUT2D eigenvalue weighted by atomic mass is 10.1. The lowest BCUT2D eigenvalue weighted by Crippen LogP contribution is -2.30. The molecule has 4 nitrogen and oxygen atoms in total. The Balaban J connectivity index is 2.79. The minimum atomic E-state index is 0.475. The Bertz CT molecular complexity index is 328. The second-order valence-electron chi connectivity index (χ2n) is 3.82. The second kappa shape index (κ2) is 6.43. The standard InChI is InChI=1S/C12H21N3O/c1-5-10(13-6-2)7-11-9(3)12(16-4)15-8-14-11/h8,10,13H,5-7H2,1-4H3. The molecule has 1 aromatic rings. The van der Waals surface area contributed by atoms with Gasteiger partial charge in [0.2, 0.25) is 5.88 Å². The number of hydrogen-bond acceptors (Lipinski definition) is 4. The van der Waals surface area contributed by atoms with E-state index in [0.717, 1.165) is 30.6 Å². The van der Waals surface area contributed by atoms with E-state index >= 15 is 0 Å². The summed E-state index contributed by atoms with van der Waals surface area (Å²) in [5.41, 5.74) is 2.11. The molecule has 0 radical (unpaired) electrons. The highest BCUT2D eigenvalue weighted by Gasteiger charge is 2.12. The van der Waals surface area contributed by atoms with E-state index in [4.69, 9.17) is 4.74 Å². The zero-order valence-electron chi connectivity index (χ0n) is 10.6. The molecular formula is C12H21N3O. The summed E-state index contributed by atoms with van der Waals surface area (Å²) < 4.78 is 5.19. The molecule has 0 amide bonds. The molecule has 1 aromatic heterocycles. The van der Waals surface area contributed by atoms with Crippen molar-refractivity contribution in [2.45, 2.75) is 39.7 Å². The van der Waals surface area contributed by atoms with Gasteiger partial charge in [0.25, 0.3) is 0 Å². The molecule has 0 aliphatic heterocycles. The summed E-state index contributed by atoms with van der Waals surface area (Å²) in [5.74, 6) is 0.677. The highest BCUT2D eigenvalue weighted by Crippen LogP contribution is 2.17. The van der Waals surface area contributed by atoms with Gasteiger partial charge in [0.05, 0.1) is 12.8 Å². The van der Waals surface area contributed by atoms with Crippen LogP contribution in [0.2, 0.25) is 0 Å². The summed E-state index contributed by atoms with van der Waals surface area (Å²) >= 11 is 0. The number of rotatable bonds is 6. The molecule has 0 saturated carbocycles. The van der Waals surface area contributed by atoms with Crippen molar-refractivity contribution in [1.82, 2.24) is 15.3 Å². The number of aromatic nitrogens is 2. The third-order valence-electron chi connectivity index (χ3n) is 2.76. The van der Waals surface area contributed by atoms with Crippen molar-refractivity contribution in [2.75, 3.05) is 13.7 Å². The van der Waals surface area contributed by atoms with Crippen LogP contribution in [-0.2, 0) is 6.42 Å². The van der Waals surface area contributed by atoms with Crippen molar-refractivity contribution < 1.29 is 4.74 Å². The Morgan fingerprint density at radius 3 is 2.69 bits per heavy atom. The van der Waals surface area contributed by atoms with Gasteiger partial charge in [0.15, 0.2) is 0 Å². The molecule has 0 aliphatic carbocycles. The summed E-state index contributed by atoms with van der Waals surface area (Å²) in [7, 11) is 1.64. The molecule has 16 heavy (non-hydrogen) atoms. The molecule has 1 heterocycles. The van der Waals surface area contributed by atoms with E-state index in [2.05, 4.69) is 29.1 Å². The van der Waals surface area contributed by atoms with Crippen molar-refractivity contribution in [2.24, 2.45) is 0 Å². The molecule has 4 heteroatoms. The quantitative estimate of drug-likeness (QED) is 0.797. The zero-order chi connectivity index (χ0) is 12.0. The van der Waals surface area contributed by atoms with Crippen LogP contribution in [0.1, 0.15) is 31.5 Å².